The van der Waals surface area contributed by atoms with Crippen LogP contribution in [0.4, 0.5) is 0 Å². The first-order valence-corrected chi connectivity index (χ1v) is 8.06. The highest BCUT2D eigenvalue weighted by molar-refractivity contribution is 6.30. The Kier molecular flexibility index (Phi) is 5.47. The average molecular weight is 378 g/mol. The number of nitrogens with zero attached hydrogens (tertiary/aromatic N) is 4. The van der Waals surface area contributed by atoms with Crippen molar-refractivity contribution in [2.45, 2.75) is 6.54 Å². The molecule has 0 atom stereocenters. The minimum atomic E-state index is -0.291. The molecule has 0 bridgehead atoms. The molecule has 3 rings (SSSR count). The molecule has 0 aliphatic heterocycles. The van der Waals surface area contributed by atoms with Crippen LogP contribution in [0.15, 0.2) is 48.5 Å². The Bertz CT molecular complexity index is 850. The number of hydrogen-bond donors (Lipinski definition) is 1. The standard InChI is InChI=1S/C16H13Cl2N5O2/c17-11-1-5-13(6-2-11)23-15(20-21-22-23)9-19-16(24)10-25-14-7-3-12(18)4-8-14/h1-8H,9-10H2,(H,19,24). The minimum Gasteiger partial charge on any atom is -0.484 e. The first-order valence-electron chi connectivity index (χ1n) is 7.30. The van der Waals surface area contributed by atoms with Crippen LogP contribution in [0.2, 0.25) is 10.0 Å². The Hall–Kier alpha value is -2.64. The summed E-state index contributed by atoms with van der Waals surface area (Å²) in [4.78, 5) is 11.9. The number of carbonyl (C=O) groups excluding carboxylic acids is 1. The van der Waals surface area contributed by atoms with Gasteiger partial charge in [0.1, 0.15) is 5.75 Å². The maximum absolute atomic E-state index is 11.9. The molecule has 7 nitrogen and oxygen atoms in total. The van der Waals surface area contributed by atoms with Crippen molar-refractivity contribution in [1.82, 2.24) is 25.5 Å². The van der Waals surface area contributed by atoms with Crippen molar-refractivity contribution < 1.29 is 9.53 Å². The summed E-state index contributed by atoms with van der Waals surface area (Å²) in [5.41, 5.74) is 0.746. The lowest BCUT2D eigenvalue weighted by atomic mass is 10.3. The maximum atomic E-state index is 11.9. The van der Waals surface area contributed by atoms with Gasteiger partial charge in [0.25, 0.3) is 5.91 Å². The molecule has 2 aromatic carbocycles. The summed E-state index contributed by atoms with van der Waals surface area (Å²) in [6.45, 7) is 0.0442. The number of benzene rings is 2. The molecule has 0 fully saturated rings. The predicted molar refractivity (Wildman–Crippen MR) is 93.0 cm³/mol. The molecule has 0 aliphatic rings. The minimum absolute atomic E-state index is 0.121. The molecule has 25 heavy (non-hydrogen) atoms. The summed E-state index contributed by atoms with van der Waals surface area (Å²) < 4.78 is 6.90. The van der Waals surface area contributed by atoms with E-state index >= 15 is 0 Å². The van der Waals surface area contributed by atoms with Crippen LogP contribution in [0.25, 0.3) is 5.69 Å². The summed E-state index contributed by atoms with van der Waals surface area (Å²) in [6, 6.07) is 13.8. The summed E-state index contributed by atoms with van der Waals surface area (Å²) in [7, 11) is 0. The van der Waals surface area contributed by atoms with Crippen molar-refractivity contribution >= 4 is 29.1 Å². The van der Waals surface area contributed by atoms with E-state index in [9.17, 15) is 4.79 Å². The third-order valence-corrected chi connectivity index (χ3v) is 3.74. The lowest BCUT2D eigenvalue weighted by Crippen LogP contribution is -2.29. The highest BCUT2D eigenvalue weighted by atomic mass is 35.5. The average Bonchev–Trinajstić information content (AvgIpc) is 3.09. The summed E-state index contributed by atoms with van der Waals surface area (Å²) in [5, 5.41) is 15.4. The molecule has 0 aliphatic carbocycles. The van der Waals surface area contributed by atoms with Gasteiger partial charge in [-0.05, 0) is 59.0 Å². The molecule has 1 N–H and O–H groups in total. The lowest BCUT2D eigenvalue weighted by Gasteiger charge is -2.08. The number of halogens is 2. The first-order chi connectivity index (χ1) is 12.1. The third kappa shape index (κ3) is 4.68. The van der Waals surface area contributed by atoms with Crippen LogP contribution >= 0.6 is 23.2 Å². The van der Waals surface area contributed by atoms with E-state index in [1.165, 1.54) is 4.68 Å². The van der Waals surface area contributed by atoms with Gasteiger partial charge in [0.05, 0.1) is 12.2 Å². The zero-order valence-electron chi connectivity index (χ0n) is 12.9. The number of amides is 1. The number of carbonyl (C=O) groups is 1. The Labute approximate surface area is 153 Å². The predicted octanol–water partition coefficient (Wildman–Crippen LogP) is 2.66. The third-order valence-electron chi connectivity index (χ3n) is 3.23. The van der Waals surface area contributed by atoms with Gasteiger partial charge in [0.2, 0.25) is 0 Å². The molecule has 0 unspecified atom stereocenters. The second-order valence-electron chi connectivity index (χ2n) is 5.00. The zero-order valence-corrected chi connectivity index (χ0v) is 14.4. The largest absolute Gasteiger partial charge is 0.484 e. The topological polar surface area (TPSA) is 81.9 Å². The summed E-state index contributed by atoms with van der Waals surface area (Å²) in [6.07, 6.45) is 0. The fourth-order valence-electron chi connectivity index (χ4n) is 2.01. The van der Waals surface area contributed by atoms with E-state index in [1.807, 2.05) is 0 Å². The molecule has 9 heteroatoms. The van der Waals surface area contributed by atoms with Crippen molar-refractivity contribution in [3.8, 4) is 11.4 Å². The fraction of sp³-hybridized carbons (Fsp3) is 0.125. The van der Waals surface area contributed by atoms with Gasteiger partial charge >= 0.3 is 0 Å². The van der Waals surface area contributed by atoms with E-state index in [0.717, 1.165) is 5.69 Å². The van der Waals surface area contributed by atoms with Crippen LogP contribution in [-0.4, -0.2) is 32.7 Å². The van der Waals surface area contributed by atoms with Gasteiger partial charge in [-0.25, -0.2) is 0 Å². The van der Waals surface area contributed by atoms with Crippen LogP contribution in [0, 0.1) is 0 Å². The van der Waals surface area contributed by atoms with Crippen molar-refractivity contribution in [3.05, 3.63) is 64.4 Å². The molecular formula is C16H13Cl2N5O2. The normalized spacial score (nSPS) is 10.5. The number of ether oxygens (including phenoxy) is 1. The molecule has 0 saturated carbocycles. The second kappa shape index (κ2) is 7.96. The molecule has 3 aromatic rings. The van der Waals surface area contributed by atoms with Crippen molar-refractivity contribution in [2.24, 2.45) is 0 Å². The smallest absolute Gasteiger partial charge is 0.258 e. The Balaban J connectivity index is 1.55. The highest BCUT2D eigenvalue weighted by Gasteiger charge is 2.10. The Morgan fingerprint density at radius 1 is 1.04 bits per heavy atom. The van der Waals surface area contributed by atoms with Gasteiger partial charge in [-0.3, -0.25) is 4.79 Å². The number of aromatic nitrogens is 4. The molecule has 1 amide bonds. The van der Waals surface area contributed by atoms with Crippen molar-refractivity contribution in [1.29, 1.82) is 0 Å². The molecule has 1 aromatic heterocycles. The highest BCUT2D eigenvalue weighted by Crippen LogP contribution is 2.15. The number of tetrazole rings is 1. The van der Waals surface area contributed by atoms with Gasteiger partial charge in [0.15, 0.2) is 12.4 Å². The second-order valence-corrected chi connectivity index (χ2v) is 5.88. The van der Waals surface area contributed by atoms with E-state index < -0.39 is 0 Å². The van der Waals surface area contributed by atoms with Crippen LogP contribution < -0.4 is 10.1 Å². The molecule has 128 valence electrons. The molecule has 0 radical (unpaired) electrons. The number of hydrogen-bond acceptors (Lipinski definition) is 5. The zero-order chi connectivity index (χ0) is 17.6. The van der Waals surface area contributed by atoms with E-state index in [2.05, 4.69) is 20.8 Å². The molecule has 0 spiro atoms. The monoisotopic (exact) mass is 377 g/mol. The molecular weight excluding hydrogens is 365 g/mol. The van der Waals surface area contributed by atoms with Gasteiger partial charge in [-0.15, -0.1) is 5.10 Å². The quantitative estimate of drug-likeness (QED) is 0.713. The Morgan fingerprint density at radius 2 is 1.68 bits per heavy atom. The Morgan fingerprint density at radius 3 is 2.36 bits per heavy atom. The number of rotatable bonds is 6. The fourth-order valence-corrected chi connectivity index (χ4v) is 2.26. The molecule has 0 saturated heterocycles. The van der Waals surface area contributed by atoms with Crippen molar-refractivity contribution in [2.75, 3.05) is 6.61 Å². The van der Waals surface area contributed by atoms with E-state index in [-0.39, 0.29) is 19.1 Å². The van der Waals surface area contributed by atoms with E-state index in [0.29, 0.717) is 21.6 Å². The summed E-state index contributed by atoms with van der Waals surface area (Å²) >= 11 is 11.7. The maximum Gasteiger partial charge on any atom is 0.258 e. The van der Waals surface area contributed by atoms with Gasteiger partial charge < -0.3 is 10.1 Å². The van der Waals surface area contributed by atoms with Crippen LogP contribution in [0.3, 0.4) is 0 Å². The van der Waals surface area contributed by atoms with Crippen LogP contribution in [0.1, 0.15) is 5.82 Å². The van der Waals surface area contributed by atoms with E-state index in [4.69, 9.17) is 27.9 Å². The summed E-state index contributed by atoms with van der Waals surface area (Å²) in [5.74, 6) is 0.758. The van der Waals surface area contributed by atoms with Crippen molar-refractivity contribution in [3.63, 3.8) is 0 Å². The lowest BCUT2D eigenvalue weighted by molar-refractivity contribution is -0.123. The van der Waals surface area contributed by atoms with Crippen LogP contribution in [-0.2, 0) is 11.3 Å². The van der Waals surface area contributed by atoms with E-state index in [1.54, 1.807) is 48.5 Å². The first kappa shape index (κ1) is 17.2. The van der Waals surface area contributed by atoms with Gasteiger partial charge in [-0.1, -0.05) is 23.2 Å². The van der Waals surface area contributed by atoms with Gasteiger partial charge in [-0.2, -0.15) is 4.68 Å². The number of nitrogens with one attached hydrogen (secondary N) is 1. The van der Waals surface area contributed by atoms with Crippen LogP contribution in [0.5, 0.6) is 5.75 Å². The van der Waals surface area contributed by atoms with Gasteiger partial charge in [0, 0.05) is 10.0 Å². The SMILES string of the molecule is O=C(COc1ccc(Cl)cc1)NCc1nnnn1-c1ccc(Cl)cc1. The molecule has 1 heterocycles.